The second kappa shape index (κ2) is 46.1. The SMILES string of the molecule is CC(C)C.CC(C)C.CC(C)C.CC(C)C.CC(C)C.CC(C)C.c1cc[nH]c1.c1ccoc1.c1ccsc1. The first-order valence-corrected chi connectivity index (χ1v) is 15.9. The number of hydrogen-bond donors (Lipinski definition) is 1. The van der Waals surface area contributed by atoms with Gasteiger partial charge in [0.15, 0.2) is 0 Å². The van der Waals surface area contributed by atoms with E-state index >= 15 is 0 Å². The Morgan fingerprint density at radius 3 is 0.692 bits per heavy atom. The summed E-state index contributed by atoms with van der Waals surface area (Å²) in [5, 5.41) is 4.08. The molecule has 0 atom stereocenters. The summed E-state index contributed by atoms with van der Waals surface area (Å²) in [5.41, 5.74) is 0. The molecule has 0 fully saturated rings. The van der Waals surface area contributed by atoms with Crippen LogP contribution in [0.3, 0.4) is 0 Å². The van der Waals surface area contributed by atoms with E-state index in [0.29, 0.717) is 0 Å². The molecule has 1 N–H and O–H groups in total. The van der Waals surface area contributed by atoms with Gasteiger partial charge in [0.2, 0.25) is 0 Å². The molecule has 0 spiro atoms. The number of H-pyrrole nitrogens is 1. The summed E-state index contributed by atoms with van der Waals surface area (Å²) in [4.78, 5) is 2.86. The Labute approximate surface area is 252 Å². The predicted molar refractivity (Wildman–Crippen MR) is 187 cm³/mol. The molecule has 0 radical (unpaired) electrons. The Morgan fingerprint density at radius 2 is 0.615 bits per heavy atom. The second-order valence-corrected chi connectivity index (χ2v) is 13.7. The summed E-state index contributed by atoms with van der Waals surface area (Å²) in [5.74, 6) is 5.00. The summed E-state index contributed by atoms with van der Waals surface area (Å²) in [6.07, 6.45) is 7.00. The van der Waals surface area contributed by atoms with Crippen molar-refractivity contribution in [2.45, 2.75) is 125 Å². The van der Waals surface area contributed by atoms with E-state index in [2.05, 4.69) is 134 Å². The number of rotatable bonds is 0. The van der Waals surface area contributed by atoms with E-state index in [0.717, 1.165) is 35.5 Å². The van der Waals surface area contributed by atoms with Crippen LogP contribution in [-0.4, -0.2) is 4.98 Å². The molecule has 3 rings (SSSR count). The Hall–Kier alpha value is -1.74. The monoisotopic (exact) mass is 568 g/mol. The minimum absolute atomic E-state index is 0.833. The van der Waals surface area contributed by atoms with Crippen LogP contribution in [0.15, 0.2) is 76.5 Å². The largest absolute Gasteiger partial charge is 0.473 e. The number of aromatic nitrogens is 1. The third-order valence-corrected chi connectivity index (χ3v) is 1.98. The van der Waals surface area contributed by atoms with Crippen LogP contribution in [-0.2, 0) is 0 Å². The van der Waals surface area contributed by atoms with Gasteiger partial charge in [-0.05, 0) is 70.5 Å². The van der Waals surface area contributed by atoms with Gasteiger partial charge >= 0.3 is 0 Å². The zero-order valence-electron chi connectivity index (χ0n) is 29.7. The van der Waals surface area contributed by atoms with Crippen LogP contribution in [0.5, 0.6) is 0 Å². The molecule has 0 unspecified atom stereocenters. The van der Waals surface area contributed by atoms with Crippen molar-refractivity contribution in [2.24, 2.45) is 35.5 Å². The van der Waals surface area contributed by atoms with Gasteiger partial charge < -0.3 is 9.40 Å². The van der Waals surface area contributed by atoms with E-state index in [4.69, 9.17) is 0 Å². The van der Waals surface area contributed by atoms with Gasteiger partial charge in [-0.2, -0.15) is 11.3 Å². The van der Waals surface area contributed by atoms with Crippen LogP contribution in [0.4, 0.5) is 0 Å². The zero-order valence-corrected chi connectivity index (χ0v) is 30.5. The minimum Gasteiger partial charge on any atom is -0.473 e. The van der Waals surface area contributed by atoms with Gasteiger partial charge in [0.05, 0.1) is 12.5 Å². The van der Waals surface area contributed by atoms with Crippen molar-refractivity contribution in [1.82, 2.24) is 4.98 Å². The van der Waals surface area contributed by atoms with Crippen molar-refractivity contribution in [2.75, 3.05) is 0 Å². The van der Waals surface area contributed by atoms with Gasteiger partial charge in [-0.3, -0.25) is 0 Å². The topological polar surface area (TPSA) is 28.9 Å². The van der Waals surface area contributed by atoms with Crippen molar-refractivity contribution in [1.29, 1.82) is 0 Å². The first kappa shape index (κ1) is 50.1. The highest BCUT2D eigenvalue weighted by Gasteiger charge is 1.70. The van der Waals surface area contributed by atoms with Crippen LogP contribution in [0.2, 0.25) is 0 Å². The highest BCUT2D eigenvalue weighted by molar-refractivity contribution is 7.07. The quantitative estimate of drug-likeness (QED) is 0.287. The Balaban J connectivity index is -0.0000000788. The molecule has 3 heteroatoms. The molecule has 0 bridgehead atoms. The molecule has 0 aromatic carbocycles. The zero-order chi connectivity index (χ0) is 32.1. The summed E-state index contributed by atoms with van der Waals surface area (Å²) >= 11 is 1.71. The van der Waals surface area contributed by atoms with Gasteiger partial charge in [-0.15, -0.1) is 0 Å². The van der Waals surface area contributed by atoms with Gasteiger partial charge in [0.25, 0.3) is 0 Å². The lowest BCUT2D eigenvalue weighted by Crippen LogP contribution is -1.66. The average molecular weight is 568 g/mol. The fourth-order valence-electron chi connectivity index (χ4n) is 0.731. The fraction of sp³-hybridized carbons (Fsp3) is 0.667. The summed E-state index contributed by atoms with van der Waals surface area (Å²) in [6.45, 7) is 39.0. The lowest BCUT2D eigenvalue weighted by atomic mass is 10.3. The maximum atomic E-state index is 4.58. The Morgan fingerprint density at radius 1 is 0.385 bits per heavy atom. The van der Waals surface area contributed by atoms with Crippen molar-refractivity contribution in [3.8, 4) is 0 Å². The molecular weight excluding hydrogens is 494 g/mol. The summed E-state index contributed by atoms with van der Waals surface area (Å²) in [6, 6.07) is 11.6. The third kappa shape index (κ3) is 242. The van der Waals surface area contributed by atoms with Crippen LogP contribution in [0, 0.1) is 35.5 Å². The third-order valence-electron chi connectivity index (χ3n) is 1.35. The van der Waals surface area contributed by atoms with E-state index in [1.165, 1.54) is 0 Å². The minimum atomic E-state index is 0.833. The van der Waals surface area contributed by atoms with Gasteiger partial charge in [0.1, 0.15) is 0 Å². The van der Waals surface area contributed by atoms with E-state index in [1.807, 2.05) is 59.6 Å². The highest BCUT2D eigenvalue weighted by Crippen LogP contribution is 1.91. The summed E-state index contributed by atoms with van der Waals surface area (Å²) < 4.78 is 4.58. The molecule has 0 aliphatic rings. The van der Waals surface area contributed by atoms with Crippen molar-refractivity contribution in [3.63, 3.8) is 0 Å². The van der Waals surface area contributed by atoms with Crippen molar-refractivity contribution >= 4 is 11.3 Å². The first-order valence-electron chi connectivity index (χ1n) is 14.9. The van der Waals surface area contributed by atoms with Crippen LogP contribution in [0.25, 0.3) is 0 Å². The summed E-state index contributed by atoms with van der Waals surface area (Å²) in [7, 11) is 0. The molecule has 39 heavy (non-hydrogen) atoms. The molecule has 0 aliphatic heterocycles. The lowest BCUT2D eigenvalue weighted by molar-refractivity contribution is 0.567. The molecule has 0 amide bonds. The normalized spacial score (nSPS) is 8.62. The van der Waals surface area contributed by atoms with E-state index in [-0.39, 0.29) is 0 Å². The number of thiophene rings is 1. The maximum absolute atomic E-state index is 4.58. The smallest absolute Gasteiger partial charge is 0.0902 e. The number of nitrogens with one attached hydrogen (secondary N) is 1. The van der Waals surface area contributed by atoms with Crippen LogP contribution >= 0.6 is 11.3 Å². The predicted octanol–water partition coefficient (Wildman–Crippen LogP) is 14.0. The first-order chi connectivity index (χ1) is 17.9. The van der Waals surface area contributed by atoms with Gasteiger partial charge in [-0.25, -0.2) is 0 Å². The molecule has 2 nitrogen and oxygen atoms in total. The fourth-order valence-corrected chi connectivity index (χ4v) is 1.18. The molecule has 3 aromatic heterocycles. The molecule has 3 aromatic rings. The number of aromatic amines is 1. The van der Waals surface area contributed by atoms with Crippen molar-refractivity contribution < 1.29 is 4.42 Å². The Kier molecular flexibility index (Phi) is 59.3. The van der Waals surface area contributed by atoms with Crippen LogP contribution < -0.4 is 0 Å². The Bertz CT molecular complexity index is 430. The molecule has 0 saturated heterocycles. The van der Waals surface area contributed by atoms with Gasteiger partial charge in [-0.1, -0.05) is 137 Å². The second-order valence-electron chi connectivity index (χ2n) is 12.9. The van der Waals surface area contributed by atoms with E-state index < -0.39 is 0 Å². The van der Waals surface area contributed by atoms with Gasteiger partial charge in [0, 0.05) is 12.4 Å². The van der Waals surface area contributed by atoms with Crippen LogP contribution in [0.1, 0.15) is 125 Å². The highest BCUT2D eigenvalue weighted by atomic mass is 32.1. The molecule has 3 heterocycles. The van der Waals surface area contributed by atoms with Crippen molar-refractivity contribution in [3.05, 3.63) is 72.1 Å². The lowest BCUT2D eigenvalue weighted by Gasteiger charge is -1.79. The van der Waals surface area contributed by atoms with E-state index in [9.17, 15) is 0 Å². The average Bonchev–Trinajstić information content (AvgIpc) is 3.54. The van der Waals surface area contributed by atoms with E-state index in [1.54, 1.807) is 23.9 Å². The standard InChI is InChI=1S/C4H5N.C4H4O.C4H4S.6C4H10/c3*1-2-4-5-3-1;6*1-4(2)3/h1-5H;2*1-4H;6*4H,1-3H3. The molecule has 0 aliphatic carbocycles. The molecular formula is C36H73NOS. The molecule has 234 valence electrons. The molecule has 0 saturated carbocycles. The number of hydrogen-bond acceptors (Lipinski definition) is 2. The number of furan rings is 1. The maximum Gasteiger partial charge on any atom is 0.0902 e.